The Morgan fingerprint density at radius 1 is 0.822 bits per heavy atom. The second-order valence-corrected chi connectivity index (χ2v) is 23.5. The van der Waals surface area contributed by atoms with Gasteiger partial charge < -0.3 is 9.80 Å². The molecule has 2 aliphatic rings. The molecule has 2 heterocycles. The lowest BCUT2D eigenvalue weighted by molar-refractivity contribution is -0.141. The van der Waals surface area contributed by atoms with Crippen LogP contribution in [0.5, 0.6) is 0 Å². The standard InChI is InChI=1S/C30H39Cl2N3O2.S8/c1-21(36)33-15-13-22(14-16-33)19-28(37)35-18-17-34(20-27(35)30(2,3)4)29(23-5-9-25(31)10-6-23)24-7-11-26(32)12-8-24;1-3-5-7-8-6-4-2/h5-12,22,27,29H,13-20H2,1-4H3;/t27-;/m1./s1. The molecule has 0 saturated carbocycles. The van der Waals surface area contributed by atoms with Gasteiger partial charge in [-0.1, -0.05) is 68.2 Å². The molecule has 2 aliphatic heterocycles. The maximum atomic E-state index is 13.6. The predicted molar refractivity (Wildman–Crippen MR) is 210 cm³/mol. The Bertz CT molecular complexity index is 1480. The van der Waals surface area contributed by atoms with Gasteiger partial charge in [0.25, 0.3) is 0 Å². The van der Waals surface area contributed by atoms with E-state index >= 15 is 0 Å². The molecule has 0 bridgehead atoms. The van der Waals surface area contributed by atoms with Crippen molar-refractivity contribution in [3.63, 3.8) is 0 Å². The Hall–Kier alpha value is -0.320. The molecule has 1 atom stereocenters. The zero-order valence-electron chi connectivity index (χ0n) is 25.7. The number of carbonyl (C=O) groups is 2. The lowest BCUT2D eigenvalue weighted by Gasteiger charge is -2.50. The van der Waals surface area contributed by atoms with Crippen LogP contribution in [0, 0.1) is 11.3 Å². The van der Waals surface area contributed by atoms with Crippen LogP contribution in [-0.4, -0.2) is 65.3 Å². The largest absolute Gasteiger partial charge is 0.343 e. The van der Waals surface area contributed by atoms with Crippen molar-refractivity contribution in [3.05, 3.63) is 69.7 Å². The summed E-state index contributed by atoms with van der Waals surface area (Å²) in [6.45, 7) is 12.1. The van der Waals surface area contributed by atoms with Gasteiger partial charge in [-0.25, -0.2) is 0 Å². The summed E-state index contributed by atoms with van der Waals surface area (Å²) in [5, 5.41) is 1.44. The molecule has 5 nitrogen and oxygen atoms in total. The Labute approximate surface area is 304 Å². The minimum atomic E-state index is -0.0726. The molecule has 2 amide bonds. The van der Waals surface area contributed by atoms with Gasteiger partial charge >= 0.3 is 0 Å². The molecule has 0 aliphatic carbocycles. The highest BCUT2D eigenvalue weighted by Gasteiger charge is 2.40. The summed E-state index contributed by atoms with van der Waals surface area (Å²) in [4.78, 5) is 31.8. The fourth-order valence-electron chi connectivity index (χ4n) is 5.84. The lowest BCUT2D eigenvalue weighted by atomic mass is 9.82. The van der Waals surface area contributed by atoms with Crippen molar-refractivity contribution in [1.29, 1.82) is 0 Å². The number of halogens is 2. The summed E-state index contributed by atoms with van der Waals surface area (Å²) in [5.41, 5.74) is 2.28. The minimum Gasteiger partial charge on any atom is -0.343 e. The molecule has 0 N–H and O–H groups in total. The third kappa shape index (κ3) is 12.6. The first-order valence-corrected chi connectivity index (χ1v) is 24.6. The number of piperazine rings is 1. The van der Waals surface area contributed by atoms with Gasteiger partial charge in [-0.05, 0) is 59.6 Å². The van der Waals surface area contributed by atoms with Crippen LogP contribution < -0.4 is 0 Å². The number of hydrogen-bond donors (Lipinski definition) is 0. The SMILES string of the molecule is CC(=O)N1CCC(CC(=O)N2CCN(C(c3ccc(Cl)cc3)c3ccc(Cl)cc3)C[C@@H]2C(C)(C)C)CC1.S=S=S=S=S=S=S=S. The quantitative estimate of drug-likeness (QED) is 0.357. The van der Waals surface area contributed by atoms with Crippen molar-refractivity contribution in [2.45, 2.75) is 59.0 Å². The fourth-order valence-corrected chi connectivity index (χ4v) is 17.1. The van der Waals surface area contributed by atoms with Crippen molar-refractivity contribution in [3.8, 4) is 0 Å². The van der Waals surface area contributed by atoms with Crippen LogP contribution in [-0.2, 0) is 85.2 Å². The van der Waals surface area contributed by atoms with E-state index in [9.17, 15) is 9.59 Å². The average Bonchev–Trinajstić information content (AvgIpc) is 3.01. The molecule has 4 rings (SSSR count). The normalized spacial score (nSPS) is 17.5. The minimum absolute atomic E-state index is 0.0487. The van der Waals surface area contributed by atoms with Gasteiger partial charge in [0.2, 0.25) is 11.8 Å². The van der Waals surface area contributed by atoms with E-state index in [2.05, 4.69) is 77.2 Å². The first-order chi connectivity index (χ1) is 21.4. The van der Waals surface area contributed by atoms with Gasteiger partial charge in [0, 0.05) is 138 Å². The van der Waals surface area contributed by atoms with E-state index in [1.54, 1.807) is 42.4 Å². The highest BCUT2D eigenvalue weighted by molar-refractivity contribution is 8.70. The third-order valence-corrected chi connectivity index (χ3v) is 19.7. The third-order valence-electron chi connectivity index (χ3n) is 8.13. The summed E-state index contributed by atoms with van der Waals surface area (Å²) >= 11 is 21.6. The van der Waals surface area contributed by atoms with Crippen LogP contribution in [0.2, 0.25) is 10.0 Å². The van der Waals surface area contributed by atoms with E-state index in [4.69, 9.17) is 23.2 Å². The zero-order chi connectivity index (χ0) is 33.0. The number of benzene rings is 2. The summed E-state index contributed by atoms with van der Waals surface area (Å²) in [6, 6.07) is 16.3. The molecule has 248 valence electrons. The van der Waals surface area contributed by atoms with Gasteiger partial charge in [0.1, 0.15) is 0 Å². The molecular weight excluding hydrogens is 762 g/mol. The van der Waals surface area contributed by atoms with Crippen molar-refractivity contribution in [1.82, 2.24) is 14.7 Å². The van der Waals surface area contributed by atoms with E-state index in [-0.39, 0.29) is 29.3 Å². The van der Waals surface area contributed by atoms with E-state index in [1.165, 1.54) is 28.9 Å². The highest BCUT2D eigenvalue weighted by Crippen LogP contribution is 2.36. The van der Waals surface area contributed by atoms with Gasteiger partial charge in [0.15, 0.2) is 0 Å². The Morgan fingerprint density at radius 3 is 1.73 bits per heavy atom. The maximum Gasteiger partial charge on any atom is 0.223 e. The van der Waals surface area contributed by atoms with E-state index in [0.29, 0.717) is 18.9 Å². The van der Waals surface area contributed by atoms with E-state index in [1.807, 2.05) is 29.2 Å². The van der Waals surface area contributed by atoms with Gasteiger partial charge in [-0.3, -0.25) is 14.5 Å². The Balaban J connectivity index is 0.000000610. The lowest BCUT2D eigenvalue weighted by Crippen LogP contribution is -2.60. The van der Waals surface area contributed by atoms with Gasteiger partial charge in [-0.15, -0.1) is 0 Å². The van der Waals surface area contributed by atoms with Crippen LogP contribution >= 0.6 is 23.2 Å². The monoisotopic (exact) mass is 799 g/mol. The smallest absolute Gasteiger partial charge is 0.223 e. The van der Waals surface area contributed by atoms with Crippen LogP contribution in [0.3, 0.4) is 0 Å². The highest BCUT2D eigenvalue weighted by atomic mass is 35.5. The molecule has 0 unspecified atom stereocenters. The first kappa shape index (κ1) is 39.1. The van der Waals surface area contributed by atoms with E-state index in [0.717, 1.165) is 49.1 Å². The summed E-state index contributed by atoms with van der Waals surface area (Å²) in [5.74, 6) is 0.720. The molecule has 45 heavy (non-hydrogen) atoms. The number of nitrogens with zero attached hydrogens (tertiary/aromatic N) is 3. The molecule has 0 aromatic heterocycles. The van der Waals surface area contributed by atoms with Crippen LogP contribution in [0.25, 0.3) is 0 Å². The molecule has 15 heteroatoms. The molecule has 2 aromatic carbocycles. The van der Waals surface area contributed by atoms with Gasteiger partial charge in [-0.2, -0.15) is 0 Å². The second-order valence-electron chi connectivity index (χ2n) is 12.0. The number of hydrogen-bond acceptors (Lipinski definition) is 5. The predicted octanol–water partition coefficient (Wildman–Crippen LogP) is 6.27. The number of carbonyl (C=O) groups excluding carboxylic acids is 2. The molecule has 0 radical (unpaired) electrons. The van der Waals surface area contributed by atoms with Crippen LogP contribution in [0.4, 0.5) is 0 Å². The topological polar surface area (TPSA) is 43.9 Å². The number of rotatable bonds is 5. The molecule has 0 spiro atoms. The van der Waals surface area contributed by atoms with Crippen LogP contribution in [0.1, 0.15) is 64.1 Å². The molecule has 2 fully saturated rings. The Morgan fingerprint density at radius 2 is 1.31 bits per heavy atom. The van der Waals surface area contributed by atoms with Crippen molar-refractivity contribution < 1.29 is 9.59 Å². The summed E-state index contributed by atoms with van der Waals surface area (Å²) in [6.07, 6.45) is 2.37. The summed E-state index contributed by atoms with van der Waals surface area (Å²) < 4.78 is 0. The molecular formula is C30H39Cl2N3O2S8. The first-order valence-electron chi connectivity index (χ1n) is 14.5. The summed E-state index contributed by atoms with van der Waals surface area (Å²) in [7, 11) is 9.12. The maximum absolute atomic E-state index is 13.6. The fraction of sp³-hybridized carbons (Fsp3) is 0.533. The average molecular weight is 801 g/mol. The molecule has 2 aromatic rings. The van der Waals surface area contributed by atoms with E-state index < -0.39 is 0 Å². The number of amides is 2. The van der Waals surface area contributed by atoms with Crippen LogP contribution in [0.15, 0.2) is 48.5 Å². The zero-order valence-corrected chi connectivity index (χ0v) is 33.7. The number of piperidine rings is 1. The number of likely N-dealkylation sites (tertiary alicyclic amines) is 1. The second kappa shape index (κ2) is 19.6. The van der Waals surface area contributed by atoms with Crippen molar-refractivity contribution in [2.24, 2.45) is 11.3 Å². The molecule has 2 saturated heterocycles. The van der Waals surface area contributed by atoms with Gasteiger partial charge in [0.05, 0.1) is 6.04 Å². The Kier molecular flexibility index (Phi) is 17.1. The van der Waals surface area contributed by atoms with Crippen molar-refractivity contribution in [2.75, 3.05) is 32.7 Å². The van der Waals surface area contributed by atoms with Crippen molar-refractivity contribution >= 4 is 111 Å².